The fourth-order valence-electron chi connectivity index (χ4n) is 5.93. The molecule has 0 amide bonds. The number of nitrogens with zero attached hydrogens (tertiary/aromatic N) is 1. The van der Waals surface area contributed by atoms with Gasteiger partial charge in [0, 0.05) is 0 Å². The number of ether oxygens (including phenoxy) is 1. The van der Waals surface area contributed by atoms with Gasteiger partial charge in [0.05, 0.1) is 0 Å². The molecular weight excluding hydrogens is 487 g/mol. The summed E-state index contributed by atoms with van der Waals surface area (Å²) in [7, 11) is 2.17. The van der Waals surface area contributed by atoms with Gasteiger partial charge < -0.3 is 0 Å². The monoisotopic (exact) mass is 522 g/mol. The zero-order valence-corrected chi connectivity index (χ0v) is 24.2. The number of pyridine rings is 1. The van der Waals surface area contributed by atoms with Crippen LogP contribution >= 0.6 is 0 Å². The van der Waals surface area contributed by atoms with E-state index in [1.54, 1.807) is 0 Å². The zero-order valence-electron chi connectivity index (χ0n) is 22.1. The van der Waals surface area contributed by atoms with Gasteiger partial charge in [-0.25, -0.2) is 0 Å². The standard InChI is InChI=1S/C32H34GeNO/c1-19-22-11-9-10-12-25(22)29(32(2,3)4)31-27(19)30-28-24(15-16-34(30)8)23-14-13-21(33(5,6)7)17-20(23)18-26(28)35-31/h9-18H,1-8H3/q+1. The molecule has 0 saturated carbocycles. The average Bonchev–Trinajstić information content (AvgIpc) is 2.78. The molecule has 0 bridgehead atoms. The molecular formula is C32H34GeNO+. The van der Waals surface area contributed by atoms with E-state index in [1.165, 1.54) is 59.1 Å². The van der Waals surface area contributed by atoms with Crippen molar-refractivity contribution in [3.05, 3.63) is 71.9 Å². The fourth-order valence-corrected chi connectivity index (χ4v) is 8.39. The summed E-state index contributed by atoms with van der Waals surface area (Å²) in [5, 5.41) is 7.68. The van der Waals surface area contributed by atoms with Crippen LogP contribution in [-0.4, -0.2) is 13.3 Å². The number of aromatic nitrogens is 1. The molecule has 4 aromatic carbocycles. The molecule has 0 aliphatic carbocycles. The van der Waals surface area contributed by atoms with Crippen LogP contribution in [0.5, 0.6) is 11.5 Å². The number of fused-ring (bicyclic) bond motifs is 5. The molecule has 0 spiro atoms. The van der Waals surface area contributed by atoms with Gasteiger partial charge in [-0.3, -0.25) is 0 Å². The third-order valence-electron chi connectivity index (χ3n) is 7.69. The van der Waals surface area contributed by atoms with Crippen LogP contribution in [0, 0.1) is 6.92 Å². The molecule has 2 heterocycles. The summed E-state index contributed by atoms with van der Waals surface area (Å²) in [6, 6.07) is 20.5. The van der Waals surface area contributed by atoms with Gasteiger partial charge in [-0.1, -0.05) is 0 Å². The van der Waals surface area contributed by atoms with Crippen molar-refractivity contribution in [2.24, 2.45) is 7.05 Å². The number of hydrogen-bond acceptors (Lipinski definition) is 1. The van der Waals surface area contributed by atoms with Crippen molar-refractivity contribution in [3.8, 4) is 22.8 Å². The Kier molecular flexibility index (Phi) is 4.74. The summed E-state index contributed by atoms with van der Waals surface area (Å²) in [5.41, 5.74) is 5.00. The SMILES string of the molecule is Cc1c2c(c(C(C)(C)C)c3ccccc13)Oc1cc3c[c]([Ge]([CH3])([CH3])[CH3])ccc3c3cc[n+](C)c-2c13. The van der Waals surface area contributed by atoms with Crippen molar-refractivity contribution in [1.82, 2.24) is 0 Å². The molecule has 0 unspecified atom stereocenters. The van der Waals surface area contributed by atoms with Gasteiger partial charge in [-0.15, -0.1) is 0 Å². The molecule has 5 aromatic rings. The molecule has 0 radical (unpaired) electrons. The molecule has 0 atom stereocenters. The van der Waals surface area contributed by atoms with Crippen LogP contribution in [0.15, 0.2) is 60.8 Å². The Balaban J connectivity index is 1.81. The summed E-state index contributed by atoms with van der Waals surface area (Å²) < 4.78 is 10.8. The quantitative estimate of drug-likeness (QED) is 0.122. The Morgan fingerprint density at radius 3 is 2.23 bits per heavy atom. The third kappa shape index (κ3) is 3.26. The van der Waals surface area contributed by atoms with E-state index in [-0.39, 0.29) is 5.41 Å². The van der Waals surface area contributed by atoms with Gasteiger partial charge in [0.15, 0.2) is 0 Å². The second kappa shape index (κ2) is 7.33. The summed E-state index contributed by atoms with van der Waals surface area (Å²) in [6.07, 6.45) is 2.22. The minimum absolute atomic E-state index is 0.0643. The number of aryl methyl sites for hydroxylation is 2. The first kappa shape index (κ1) is 22.6. The van der Waals surface area contributed by atoms with E-state index >= 15 is 0 Å². The van der Waals surface area contributed by atoms with E-state index in [0.717, 1.165) is 11.5 Å². The Bertz CT molecular complexity index is 1700. The molecule has 6 rings (SSSR count). The number of hydrogen-bond donors (Lipinski definition) is 0. The Morgan fingerprint density at radius 2 is 1.54 bits per heavy atom. The van der Waals surface area contributed by atoms with Crippen LogP contribution in [0.25, 0.3) is 43.6 Å². The summed E-state index contributed by atoms with van der Waals surface area (Å²) in [5.74, 6) is 9.38. The van der Waals surface area contributed by atoms with Crippen molar-refractivity contribution in [2.45, 2.75) is 50.4 Å². The Hall–Kier alpha value is -2.85. The second-order valence-corrected chi connectivity index (χ2v) is 22.9. The first-order valence-electron chi connectivity index (χ1n) is 12.6. The van der Waals surface area contributed by atoms with Crippen molar-refractivity contribution in [3.63, 3.8) is 0 Å². The first-order valence-corrected chi connectivity index (χ1v) is 19.9. The molecule has 1 aliphatic rings. The van der Waals surface area contributed by atoms with Crippen LogP contribution in [-0.2, 0) is 12.5 Å². The van der Waals surface area contributed by atoms with Gasteiger partial charge >= 0.3 is 211 Å². The second-order valence-electron chi connectivity index (χ2n) is 12.2. The van der Waals surface area contributed by atoms with Crippen LogP contribution in [0.1, 0.15) is 31.9 Å². The van der Waals surface area contributed by atoms with Gasteiger partial charge in [0.2, 0.25) is 0 Å². The van der Waals surface area contributed by atoms with Gasteiger partial charge in [-0.05, 0) is 0 Å². The van der Waals surface area contributed by atoms with Crippen LogP contribution in [0.2, 0.25) is 17.3 Å². The summed E-state index contributed by atoms with van der Waals surface area (Å²) >= 11 is -1.96. The minimum atomic E-state index is -1.96. The molecule has 3 heteroatoms. The molecule has 2 nitrogen and oxygen atoms in total. The van der Waals surface area contributed by atoms with E-state index in [1.807, 2.05) is 0 Å². The number of benzene rings is 4. The summed E-state index contributed by atoms with van der Waals surface area (Å²) in [4.78, 5) is 0. The molecule has 1 aromatic heterocycles. The first-order chi connectivity index (χ1) is 16.5. The van der Waals surface area contributed by atoms with Crippen LogP contribution in [0.4, 0.5) is 0 Å². The Morgan fingerprint density at radius 1 is 0.829 bits per heavy atom. The van der Waals surface area contributed by atoms with E-state index < -0.39 is 13.3 Å². The van der Waals surface area contributed by atoms with Gasteiger partial charge in [-0.2, -0.15) is 0 Å². The topological polar surface area (TPSA) is 13.1 Å². The van der Waals surface area contributed by atoms with Crippen LogP contribution < -0.4 is 13.7 Å². The maximum absolute atomic E-state index is 6.99. The summed E-state index contributed by atoms with van der Waals surface area (Å²) in [6.45, 7) is 9.15. The predicted molar refractivity (Wildman–Crippen MR) is 152 cm³/mol. The molecule has 0 N–H and O–H groups in total. The fraction of sp³-hybridized carbons (Fsp3) is 0.281. The predicted octanol–water partition coefficient (Wildman–Crippen LogP) is 7.89. The van der Waals surface area contributed by atoms with Crippen molar-refractivity contribution < 1.29 is 9.30 Å². The van der Waals surface area contributed by atoms with Crippen molar-refractivity contribution in [1.29, 1.82) is 0 Å². The van der Waals surface area contributed by atoms with E-state index in [4.69, 9.17) is 4.74 Å². The molecule has 1 aliphatic heterocycles. The van der Waals surface area contributed by atoms with Crippen molar-refractivity contribution in [2.75, 3.05) is 0 Å². The van der Waals surface area contributed by atoms with Crippen LogP contribution in [0.3, 0.4) is 0 Å². The zero-order chi connectivity index (χ0) is 24.9. The molecule has 176 valence electrons. The van der Waals surface area contributed by atoms with Crippen molar-refractivity contribution >= 4 is 50.0 Å². The van der Waals surface area contributed by atoms with Gasteiger partial charge in [0.25, 0.3) is 0 Å². The van der Waals surface area contributed by atoms with E-state index in [2.05, 4.69) is 117 Å². The number of rotatable bonds is 1. The van der Waals surface area contributed by atoms with Gasteiger partial charge in [0.1, 0.15) is 0 Å². The average molecular weight is 521 g/mol. The normalized spacial score (nSPS) is 13.4. The Labute approximate surface area is 210 Å². The van der Waals surface area contributed by atoms with E-state index in [9.17, 15) is 0 Å². The maximum atomic E-state index is 6.99. The molecule has 0 saturated heterocycles. The third-order valence-corrected chi connectivity index (χ3v) is 12.0. The molecule has 0 fully saturated rings. The van der Waals surface area contributed by atoms with E-state index in [0.29, 0.717) is 0 Å². The molecule has 35 heavy (non-hydrogen) atoms.